The topological polar surface area (TPSA) is 54.9 Å². The summed E-state index contributed by atoms with van der Waals surface area (Å²) < 4.78 is 46.6. The SMILES string of the molecule is CCCCOCCOCCNC(=NC)NCCC(F)(F)F. The molecule has 0 saturated carbocycles. The third kappa shape index (κ3) is 15.2. The van der Waals surface area contributed by atoms with Crippen molar-refractivity contribution in [1.29, 1.82) is 0 Å². The molecule has 0 aliphatic rings. The molecular formula is C13H26F3N3O2. The van der Waals surface area contributed by atoms with Gasteiger partial charge in [0.1, 0.15) is 0 Å². The van der Waals surface area contributed by atoms with Crippen LogP contribution in [0.1, 0.15) is 26.2 Å². The zero-order valence-corrected chi connectivity index (χ0v) is 12.8. The highest BCUT2D eigenvalue weighted by Crippen LogP contribution is 2.17. The van der Waals surface area contributed by atoms with E-state index < -0.39 is 12.6 Å². The molecule has 0 fully saturated rings. The number of alkyl halides is 3. The van der Waals surface area contributed by atoms with E-state index in [4.69, 9.17) is 9.47 Å². The summed E-state index contributed by atoms with van der Waals surface area (Å²) in [4.78, 5) is 3.82. The lowest BCUT2D eigenvalue weighted by Crippen LogP contribution is -2.40. The molecule has 0 aromatic carbocycles. The number of guanidine groups is 1. The second-order valence-corrected chi connectivity index (χ2v) is 4.37. The summed E-state index contributed by atoms with van der Waals surface area (Å²) in [7, 11) is 1.51. The molecule has 0 rings (SSSR count). The quantitative estimate of drug-likeness (QED) is 0.348. The molecule has 0 aromatic rings. The number of ether oxygens (including phenoxy) is 2. The molecular weight excluding hydrogens is 287 g/mol. The zero-order chi connectivity index (χ0) is 16.0. The van der Waals surface area contributed by atoms with E-state index >= 15 is 0 Å². The molecule has 0 saturated heterocycles. The van der Waals surface area contributed by atoms with Gasteiger partial charge in [-0.3, -0.25) is 4.99 Å². The van der Waals surface area contributed by atoms with E-state index in [2.05, 4.69) is 22.5 Å². The van der Waals surface area contributed by atoms with Gasteiger partial charge < -0.3 is 20.1 Å². The Morgan fingerprint density at radius 1 is 1.00 bits per heavy atom. The van der Waals surface area contributed by atoms with E-state index in [-0.39, 0.29) is 6.54 Å². The average Bonchev–Trinajstić information content (AvgIpc) is 2.42. The van der Waals surface area contributed by atoms with Crippen molar-refractivity contribution in [1.82, 2.24) is 10.6 Å². The fourth-order valence-corrected chi connectivity index (χ4v) is 1.35. The van der Waals surface area contributed by atoms with E-state index in [0.29, 0.717) is 32.3 Å². The Morgan fingerprint density at radius 2 is 1.62 bits per heavy atom. The third-order valence-electron chi connectivity index (χ3n) is 2.48. The van der Waals surface area contributed by atoms with Gasteiger partial charge >= 0.3 is 6.18 Å². The fourth-order valence-electron chi connectivity index (χ4n) is 1.35. The summed E-state index contributed by atoms with van der Waals surface area (Å²) in [6.07, 6.45) is -2.90. The van der Waals surface area contributed by atoms with Gasteiger partial charge in [-0.25, -0.2) is 0 Å². The van der Waals surface area contributed by atoms with Gasteiger partial charge in [-0.05, 0) is 6.42 Å². The Hall–Kier alpha value is -1.02. The van der Waals surface area contributed by atoms with Crippen LogP contribution in [0, 0.1) is 0 Å². The second kappa shape index (κ2) is 12.7. The van der Waals surface area contributed by atoms with Crippen LogP contribution in [0.15, 0.2) is 4.99 Å². The summed E-state index contributed by atoms with van der Waals surface area (Å²) in [6, 6.07) is 0. The minimum Gasteiger partial charge on any atom is -0.379 e. The molecule has 0 bridgehead atoms. The largest absolute Gasteiger partial charge is 0.390 e. The third-order valence-corrected chi connectivity index (χ3v) is 2.48. The number of nitrogens with one attached hydrogen (secondary N) is 2. The summed E-state index contributed by atoms with van der Waals surface area (Å²) in [6.45, 7) is 4.62. The molecule has 0 radical (unpaired) electrons. The molecule has 8 heteroatoms. The monoisotopic (exact) mass is 313 g/mol. The van der Waals surface area contributed by atoms with Crippen molar-refractivity contribution in [3.05, 3.63) is 0 Å². The average molecular weight is 313 g/mol. The molecule has 0 aromatic heterocycles. The summed E-state index contributed by atoms with van der Waals surface area (Å²) in [5.41, 5.74) is 0. The van der Waals surface area contributed by atoms with Crippen LogP contribution in [0.2, 0.25) is 0 Å². The van der Waals surface area contributed by atoms with Crippen LogP contribution < -0.4 is 10.6 Å². The normalized spacial score (nSPS) is 12.5. The first-order valence-corrected chi connectivity index (χ1v) is 7.16. The molecule has 0 heterocycles. The lowest BCUT2D eigenvalue weighted by molar-refractivity contribution is -0.132. The Kier molecular flexibility index (Phi) is 12.1. The molecule has 0 aliphatic carbocycles. The van der Waals surface area contributed by atoms with Gasteiger partial charge in [-0.2, -0.15) is 13.2 Å². The molecule has 0 aliphatic heterocycles. The van der Waals surface area contributed by atoms with Crippen LogP contribution in [-0.2, 0) is 9.47 Å². The highest BCUT2D eigenvalue weighted by molar-refractivity contribution is 5.79. The summed E-state index contributed by atoms with van der Waals surface area (Å²) in [5.74, 6) is 0.335. The number of hydrogen-bond donors (Lipinski definition) is 2. The van der Waals surface area contributed by atoms with Crippen molar-refractivity contribution in [2.24, 2.45) is 4.99 Å². The minimum absolute atomic E-state index is 0.199. The minimum atomic E-state index is -4.16. The van der Waals surface area contributed by atoms with Gasteiger partial charge in [-0.15, -0.1) is 0 Å². The van der Waals surface area contributed by atoms with Crippen molar-refractivity contribution >= 4 is 5.96 Å². The standard InChI is InChI=1S/C13H26F3N3O2/c1-3-4-8-20-10-11-21-9-7-19-12(17-2)18-6-5-13(14,15)16/h3-11H2,1-2H3,(H2,17,18,19). The van der Waals surface area contributed by atoms with Crippen LogP contribution in [0.4, 0.5) is 13.2 Å². The molecule has 2 N–H and O–H groups in total. The van der Waals surface area contributed by atoms with E-state index in [1.807, 2.05) is 0 Å². The van der Waals surface area contributed by atoms with Crippen molar-refractivity contribution in [3.63, 3.8) is 0 Å². The first-order chi connectivity index (χ1) is 9.99. The highest BCUT2D eigenvalue weighted by Gasteiger charge is 2.26. The molecule has 126 valence electrons. The second-order valence-electron chi connectivity index (χ2n) is 4.37. The first-order valence-electron chi connectivity index (χ1n) is 7.16. The van der Waals surface area contributed by atoms with Crippen molar-refractivity contribution in [2.45, 2.75) is 32.4 Å². The Bertz CT molecular complexity index is 274. The van der Waals surface area contributed by atoms with Crippen molar-refractivity contribution in [2.75, 3.05) is 46.6 Å². The van der Waals surface area contributed by atoms with Gasteiger partial charge in [0.2, 0.25) is 0 Å². The van der Waals surface area contributed by atoms with Gasteiger partial charge in [0.05, 0.1) is 26.2 Å². The number of hydrogen-bond acceptors (Lipinski definition) is 3. The van der Waals surface area contributed by atoms with Crippen LogP contribution in [0.5, 0.6) is 0 Å². The first kappa shape index (κ1) is 20.0. The lowest BCUT2D eigenvalue weighted by Gasteiger charge is -2.13. The molecule has 0 unspecified atom stereocenters. The number of rotatable bonds is 11. The maximum atomic E-state index is 12.0. The molecule has 0 spiro atoms. The number of halogens is 3. The van der Waals surface area contributed by atoms with Crippen molar-refractivity contribution in [3.8, 4) is 0 Å². The fraction of sp³-hybridized carbons (Fsp3) is 0.923. The Morgan fingerprint density at radius 3 is 2.19 bits per heavy atom. The predicted octanol–water partition coefficient (Wildman–Crippen LogP) is 1.94. The van der Waals surface area contributed by atoms with E-state index in [0.717, 1.165) is 19.4 Å². The maximum Gasteiger partial charge on any atom is 0.390 e. The van der Waals surface area contributed by atoms with E-state index in [1.165, 1.54) is 7.05 Å². The lowest BCUT2D eigenvalue weighted by atomic mass is 10.4. The predicted molar refractivity (Wildman–Crippen MR) is 76.6 cm³/mol. The molecule has 0 atom stereocenters. The molecule has 0 amide bonds. The van der Waals surface area contributed by atoms with Crippen molar-refractivity contribution < 1.29 is 22.6 Å². The van der Waals surface area contributed by atoms with Gasteiger partial charge in [0.25, 0.3) is 0 Å². The Balaban J connectivity index is 3.44. The maximum absolute atomic E-state index is 12.0. The van der Waals surface area contributed by atoms with Crippen LogP contribution in [0.3, 0.4) is 0 Å². The molecule has 21 heavy (non-hydrogen) atoms. The molecule has 5 nitrogen and oxygen atoms in total. The highest BCUT2D eigenvalue weighted by atomic mass is 19.4. The Labute approximate surface area is 124 Å². The van der Waals surface area contributed by atoms with E-state index in [1.54, 1.807) is 0 Å². The van der Waals surface area contributed by atoms with Gasteiger partial charge in [-0.1, -0.05) is 13.3 Å². The van der Waals surface area contributed by atoms with Crippen LogP contribution >= 0.6 is 0 Å². The smallest absolute Gasteiger partial charge is 0.379 e. The number of nitrogens with zero attached hydrogens (tertiary/aromatic N) is 1. The number of aliphatic imine (C=N–C) groups is 1. The summed E-state index contributed by atoms with van der Waals surface area (Å²) >= 11 is 0. The number of unbranched alkanes of at least 4 members (excludes halogenated alkanes) is 1. The summed E-state index contributed by atoms with van der Waals surface area (Å²) in [5, 5.41) is 5.46. The zero-order valence-electron chi connectivity index (χ0n) is 12.8. The van der Waals surface area contributed by atoms with Gasteiger partial charge in [0, 0.05) is 26.7 Å². The van der Waals surface area contributed by atoms with E-state index in [9.17, 15) is 13.2 Å². The van der Waals surface area contributed by atoms with Crippen LogP contribution in [0.25, 0.3) is 0 Å². The van der Waals surface area contributed by atoms with Gasteiger partial charge in [0.15, 0.2) is 5.96 Å². The van der Waals surface area contributed by atoms with Crippen LogP contribution in [-0.4, -0.2) is 58.7 Å².